The van der Waals surface area contributed by atoms with Crippen LogP contribution in [-0.4, -0.2) is 31.1 Å². The Hall–Kier alpha value is -2.49. The molecule has 0 saturated carbocycles. The van der Waals surface area contributed by atoms with E-state index in [4.69, 9.17) is 4.74 Å². The van der Waals surface area contributed by atoms with E-state index in [0.29, 0.717) is 13.2 Å². The Kier molecular flexibility index (Phi) is 7.15. The van der Waals surface area contributed by atoms with Crippen molar-refractivity contribution in [3.8, 4) is 5.75 Å². The number of hydrogen-bond donors (Lipinski definition) is 1. The lowest BCUT2D eigenvalue weighted by atomic mass is 10.1. The number of nitrogens with one attached hydrogen (secondary N) is 1. The summed E-state index contributed by atoms with van der Waals surface area (Å²) in [6.07, 6.45) is 2.98. The Morgan fingerprint density at radius 1 is 1.08 bits per heavy atom. The summed E-state index contributed by atoms with van der Waals surface area (Å²) in [7, 11) is 1.79. The Morgan fingerprint density at radius 3 is 2.46 bits per heavy atom. The van der Waals surface area contributed by atoms with Crippen LogP contribution in [0.4, 0.5) is 10.5 Å². The minimum atomic E-state index is -0.0991. The van der Waals surface area contributed by atoms with Gasteiger partial charge in [0, 0.05) is 19.3 Å². The van der Waals surface area contributed by atoms with Gasteiger partial charge in [-0.1, -0.05) is 43.7 Å². The Balaban J connectivity index is 1.69. The fraction of sp³-hybridized carbons (Fsp3) is 0.350. The number of nitrogens with zero attached hydrogens (tertiary/aromatic N) is 1. The molecule has 0 unspecified atom stereocenters. The van der Waals surface area contributed by atoms with Crippen LogP contribution < -0.4 is 10.1 Å². The zero-order valence-electron chi connectivity index (χ0n) is 14.5. The van der Waals surface area contributed by atoms with Gasteiger partial charge in [0.2, 0.25) is 0 Å². The quantitative estimate of drug-likeness (QED) is 0.722. The number of carbonyl (C=O) groups excluding carboxylic acids is 1. The van der Waals surface area contributed by atoms with Crippen LogP contribution in [0.3, 0.4) is 0 Å². The second-order valence-corrected chi connectivity index (χ2v) is 5.81. The minimum absolute atomic E-state index is 0.0991. The molecule has 0 heterocycles. The van der Waals surface area contributed by atoms with Crippen LogP contribution in [0.5, 0.6) is 5.75 Å². The van der Waals surface area contributed by atoms with Crippen LogP contribution in [0.25, 0.3) is 0 Å². The standard InChI is InChI=1S/C20H26N2O2/c1-3-8-17-11-13-18(14-12-17)21-20(23)22(2)15-7-16-24-19-9-5-4-6-10-19/h4-6,9-14H,3,7-8,15-16H2,1-2H3,(H,21,23). The second kappa shape index (κ2) is 9.60. The maximum atomic E-state index is 12.2. The van der Waals surface area contributed by atoms with Gasteiger partial charge >= 0.3 is 6.03 Å². The van der Waals surface area contributed by atoms with E-state index in [1.807, 2.05) is 42.5 Å². The molecule has 0 fully saturated rings. The van der Waals surface area contributed by atoms with Gasteiger partial charge < -0.3 is 15.0 Å². The van der Waals surface area contributed by atoms with Gasteiger partial charge in [-0.3, -0.25) is 0 Å². The van der Waals surface area contributed by atoms with Crippen molar-refractivity contribution in [1.29, 1.82) is 0 Å². The number of aryl methyl sites for hydroxylation is 1. The molecule has 0 saturated heterocycles. The predicted octanol–water partition coefficient (Wildman–Crippen LogP) is 4.57. The van der Waals surface area contributed by atoms with Crippen molar-refractivity contribution in [3.05, 3.63) is 60.2 Å². The molecule has 2 rings (SSSR count). The average molecular weight is 326 g/mol. The third-order valence-corrected chi connectivity index (χ3v) is 3.74. The summed E-state index contributed by atoms with van der Waals surface area (Å²) < 4.78 is 5.63. The Morgan fingerprint density at radius 2 is 1.79 bits per heavy atom. The first-order valence-electron chi connectivity index (χ1n) is 8.48. The van der Waals surface area contributed by atoms with Crippen LogP contribution in [-0.2, 0) is 6.42 Å². The van der Waals surface area contributed by atoms with Crippen LogP contribution in [0.1, 0.15) is 25.3 Å². The molecular weight excluding hydrogens is 300 g/mol. The molecule has 0 radical (unpaired) electrons. The maximum absolute atomic E-state index is 12.2. The number of urea groups is 1. The molecule has 128 valence electrons. The number of amides is 2. The minimum Gasteiger partial charge on any atom is -0.494 e. The van der Waals surface area contributed by atoms with Gasteiger partial charge in [0.05, 0.1) is 6.61 Å². The zero-order valence-corrected chi connectivity index (χ0v) is 14.5. The average Bonchev–Trinajstić information content (AvgIpc) is 2.61. The first-order chi connectivity index (χ1) is 11.7. The van der Waals surface area contributed by atoms with E-state index < -0.39 is 0 Å². The fourth-order valence-electron chi connectivity index (χ4n) is 2.37. The van der Waals surface area contributed by atoms with Gasteiger partial charge in [-0.15, -0.1) is 0 Å². The second-order valence-electron chi connectivity index (χ2n) is 5.81. The van der Waals surface area contributed by atoms with Crippen LogP contribution in [0.15, 0.2) is 54.6 Å². The molecule has 2 aromatic rings. The van der Waals surface area contributed by atoms with Crippen molar-refractivity contribution in [1.82, 2.24) is 4.90 Å². The Labute approximate surface area is 144 Å². The SMILES string of the molecule is CCCc1ccc(NC(=O)N(C)CCCOc2ccccc2)cc1. The van der Waals surface area contributed by atoms with E-state index in [-0.39, 0.29) is 6.03 Å². The first kappa shape index (κ1) is 17.9. The van der Waals surface area contributed by atoms with E-state index in [1.165, 1.54) is 5.56 Å². The number of para-hydroxylation sites is 1. The van der Waals surface area contributed by atoms with Crippen LogP contribution in [0.2, 0.25) is 0 Å². The predicted molar refractivity (Wildman–Crippen MR) is 98.6 cm³/mol. The van der Waals surface area contributed by atoms with Gasteiger partial charge in [-0.2, -0.15) is 0 Å². The van der Waals surface area contributed by atoms with E-state index in [2.05, 4.69) is 24.4 Å². The van der Waals surface area contributed by atoms with Crippen molar-refractivity contribution in [2.45, 2.75) is 26.2 Å². The normalized spacial score (nSPS) is 10.2. The smallest absolute Gasteiger partial charge is 0.321 e. The maximum Gasteiger partial charge on any atom is 0.321 e. The van der Waals surface area contributed by atoms with E-state index in [1.54, 1.807) is 11.9 Å². The molecule has 0 aliphatic carbocycles. The third kappa shape index (κ3) is 5.95. The van der Waals surface area contributed by atoms with Crippen LogP contribution in [0, 0.1) is 0 Å². The van der Waals surface area contributed by atoms with Gasteiger partial charge in [0.25, 0.3) is 0 Å². The molecule has 4 nitrogen and oxygen atoms in total. The molecule has 0 bridgehead atoms. The van der Waals surface area contributed by atoms with Crippen molar-refractivity contribution in [2.75, 3.05) is 25.5 Å². The molecular formula is C20H26N2O2. The number of hydrogen-bond acceptors (Lipinski definition) is 2. The molecule has 0 aliphatic rings. The monoisotopic (exact) mass is 326 g/mol. The van der Waals surface area contributed by atoms with E-state index in [0.717, 1.165) is 30.7 Å². The van der Waals surface area contributed by atoms with Gasteiger partial charge in [0.1, 0.15) is 5.75 Å². The fourth-order valence-corrected chi connectivity index (χ4v) is 2.37. The van der Waals surface area contributed by atoms with Gasteiger partial charge in [-0.25, -0.2) is 4.79 Å². The van der Waals surface area contributed by atoms with Crippen LogP contribution >= 0.6 is 0 Å². The summed E-state index contributed by atoms with van der Waals surface area (Å²) in [5.41, 5.74) is 2.12. The zero-order chi connectivity index (χ0) is 17.2. The third-order valence-electron chi connectivity index (χ3n) is 3.74. The summed E-state index contributed by atoms with van der Waals surface area (Å²) in [4.78, 5) is 13.8. The molecule has 4 heteroatoms. The number of benzene rings is 2. The molecule has 24 heavy (non-hydrogen) atoms. The highest BCUT2D eigenvalue weighted by Crippen LogP contribution is 2.12. The van der Waals surface area contributed by atoms with Crippen molar-refractivity contribution in [3.63, 3.8) is 0 Å². The van der Waals surface area contributed by atoms with E-state index >= 15 is 0 Å². The lowest BCUT2D eigenvalue weighted by Gasteiger charge is -2.18. The van der Waals surface area contributed by atoms with Gasteiger partial charge in [-0.05, 0) is 42.7 Å². The lowest BCUT2D eigenvalue weighted by molar-refractivity contribution is 0.216. The molecule has 0 spiro atoms. The largest absolute Gasteiger partial charge is 0.494 e. The molecule has 2 amide bonds. The molecule has 1 N–H and O–H groups in total. The highest BCUT2D eigenvalue weighted by molar-refractivity contribution is 5.89. The molecule has 0 aliphatic heterocycles. The number of carbonyl (C=O) groups is 1. The molecule has 2 aromatic carbocycles. The highest BCUT2D eigenvalue weighted by atomic mass is 16.5. The van der Waals surface area contributed by atoms with Crippen molar-refractivity contribution in [2.24, 2.45) is 0 Å². The summed E-state index contributed by atoms with van der Waals surface area (Å²) in [6.45, 7) is 3.39. The summed E-state index contributed by atoms with van der Waals surface area (Å²) >= 11 is 0. The molecule has 0 aromatic heterocycles. The topological polar surface area (TPSA) is 41.6 Å². The van der Waals surface area contributed by atoms with Crippen molar-refractivity contribution >= 4 is 11.7 Å². The lowest BCUT2D eigenvalue weighted by Crippen LogP contribution is -2.32. The number of ether oxygens (including phenoxy) is 1. The summed E-state index contributed by atoms with van der Waals surface area (Å²) in [5.74, 6) is 0.858. The summed E-state index contributed by atoms with van der Waals surface area (Å²) in [5, 5.41) is 2.92. The van der Waals surface area contributed by atoms with Crippen molar-refractivity contribution < 1.29 is 9.53 Å². The van der Waals surface area contributed by atoms with E-state index in [9.17, 15) is 4.79 Å². The first-order valence-corrected chi connectivity index (χ1v) is 8.48. The van der Waals surface area contributed by atoms with Gasteiger partial charge in [0.15, 0.2) is 0 Å². The Bertz CT molecular complexity index is 611. The highest BCUT2D eigenvalue weighted by Gasteiger charge is 2.08. The number of anilines is 1. The summed E-state index contributed by atoms with van der Waals surface area (Å²) in [6, 6.07) is 17.6. The molecule has 0 atom stereocenters. The number of rotatable bonds is 8.